The topological polar surface area (TPSA) is 42.2 Å². The van der Waals surface area contributed by atoms with Crippen molar-refractivity contribution in [2.75, 3.05) is 6.61 Å². The van der Waals surface area contributed by atoms with Gasteiger partial charge in [-0.3, -0.25) is 0 Å². The van der Waals surface area contributed by atoms with Gasteiger partial charge in [-0.1, -0.05) is 30.3 Å². The molecule has 0 fully saturated rings. The fourth-order valence-corrected chi connectivity index (χ4v) is 1.75. The summed E-state index contributed by atoms with van der Waals surface area (Å²) in [7, 11) is 0. The van der Waals surface area contributed by atoms with Crippen LogP contribution < -0.4 is 9.47 Å². The predicted octanol–water partition coefficient (Wildman–Crippen LogP) is 3.54. The van der Waals surface area contributed by atoms with Crippen molar-refractivity contribution in [3.05, 3.63) is 59.7 Å². The molecule has 2 rings (SSSR count). The van der Waals surface area contributed by atoms with Crippen molar-refractivity contribution in [3.63, 3.8) is 0 Å². The standard InChI is InChI=1S/C16H15NO2/c1-2-18-15-9-5-6-10-16(15)19-12-14-8-4-3-7-13(14)11-17/h3-10H,2,12H2,1H3. The van der Waals surface area contributed by atoms with Gasteiger partial charge in [0.1, 0.15) is 6.61 Å². The third-order valence-electron chi connectivity index (χ3n) is 2.67. The molecule has 0 bridgehead atoms. The van der Waals surface area contributed by atoms with Gasteiger partial charge < -0.3 is 9.47 Å². The predicted molar refractivity (Wildman–Crippen MR) is 73.1 cm³/mol. The number of para-hydroxylation sites is 2. The van der Waals surface area contributed by atoms with E-state index >= 15 is 0 Å². The Kier molecular flexibility index (Phi) is 4.41. The zero-order chi connectivity index (χ0) is 13.5. The average Bonchev–Trinajstić information content (AvgIpc) is 2.47. The van der Waals surface area contributed by atoms with Crippen molar-refractivity contribution in [2.45, 2.75) is 13.5 Å². The highest BCUT2D eigenvalue weighted by Gasteiger charge is 2.06. The van der Waals surface area contributed by atoms with E-state index in [1.54, 1.807) is 6.07 Å². The van der Waals surface area contributed by atoms with E-state index in [0.717, 1.165) is 11.3 Å². The number of ether oxygens (including phenoxy) is 2. The van der Waals surface area contributed by atoms with E-state index in [1.807, 2.05) is 49.4 Å². The molecule has 3 nitrogen and oxygen atoms in total. The van der Waals surface area contributed by atoms with E-state index in [9.17, 15) is 0 Å². The van der Waals surface area contributed by atoms with Gasteiger partial charge in [0.15, 0.2) is 11.5 Å². The molecule has 0 aromatic heterocycles. The molecule has 0 atom stereocenters. The molecule has 2 aromatic rings. The summed E-state index contributed by atoms with van der Waals surface area (Å²) >= 11 is 0. The summed E-state index contributed by atoms with van der Waals surface area (Å²) in [4.78, 5) is 0. The highest BCUT2D eigenvalue weighted by Crippen LogP contribution is 2.27. The molecule has 19 heavy (non-hydrogen) atoms. The van der Waals surface area contributed by atoms with Gasteiger partial charge in [0.05, 0.1) is 18.2 Å². The van der Waals surface area contributed by atoms with E-state index in [4.69, 9.17) is 14.7 Å². The van der Waals surface area contributed by atoms with Crippen molar-refractivity contribution < 1.29 is 9.47 Å². The largest absolute Gasteiger partial charge is 0.490 e. The first-order chi connectivity index (χ1) is 9.35. The van der Waals surface area contributed by atoms with Crippen LogP contribution in [-0.2, 0) is 6.61 Å². The fourth-order valence-electron chi connectivity index (χ4n) is 1.75. The van der Waals surface area contributed by atoms with Crippen LogP contribution in [0, 0.1) is 11.3 Å². The third kappa shape index (κ3) is 3.26. The smallest absolute Gasteiger partial charge is 0.161 e. The fraction of sp³-hybridized carbons (Fsp3) is 0.188. The van der Waals surface area contributed by atoms with Crippen LogP contribution in [0.2, 0.25) is 0 Å². The number of rotatable bonds is 5. The first-order valence-corrected chi connectivity index (χ1v) is 6.17. The summed E-state index contributed by atoms with van der Waals surface area (Å²) in [5.41, 5.74) is 1.51. The minimum absolute atomic E-state index is 0.355. The highest BCUT2D eigenvalue weighted by atomic mass is 16.5. The maximum atomic E-state index is 9.02. The normalized spacial score (nSPS) is 9.68. The second-order valence-electron chi connectivity index (χ2n) is 3.94. The molecule has 0 heterocycles. The van der Waals surface area contributed by atoms with Gasteiger partial charge in [-0.05, 0) is 25.1 Å². The zero-order valence-electron chi connectivity index (χ0n) is 10.8. The summed E-state index contributed by atoms with van der Waals surface area (Å²) < 4.78 is 11.2. The quantitative estimate of drug-likeness (QED) is 0.818. The average molecular weight is 253 g/mol. The first-order valence-electron chi connectivity index (χ1n) is 6.17. The molecular weight excluding hydrogens is 238 g/mol. The summed E-state index contributed by atoms with van der Waals surface area (Å²) in [6.45, 7) is 2.88. The van der Waals surface area contributed by atoms with Crippen LogP contribution in [0.15, 0.2) is 48.5 Å². The van der Waals surface area contributed by atoms with Gasteiger partial charge in [0.25, 0.3) is 0 Å². The number of nitrogens with zero attached hydrogens (tertiary/aromatic N) is 1. The van der Waals surface area contributed by atoms with Gasteiger partial charge in [0.2, 0.25) is 0 Å². The Hall–Kier alpha value is -2.47. The molecule has 0 amide bonds. The molecule has 96 valence electrons. The van der Waals surface area contributed by atoms with Gasteiger partial charge >= 0.3 is 0 Å². The lowest BCUT2D eigenvalue weighted by molar-refractivity contribution is 0.269. The Balaban J connectivity index is 2.13. The van der Waals surface area contributed by atoms with Crippen LogP contribution in [0.25, 0.3) is 0 Å². The van der Waals surface area contributed by atoms with Crippen LogP contribution in [0.1, 0.15) is 18.1 Å². The van der Waals surface area contributed by atoms with Gasteiger partial charge in [-0.2, -0.15) is 5.26 Å². The van der Waals surface area contributed by atoms with Gasteiger partial charge in [-0.15, -0.1) is 0 Å². The van der Waals surface area contributed by atoms with Crippen molar-refractivity contribution >= 4 is 0 Å². The van der Waals surface area contributed by atoms with Crippen molar-refractivity contribution in [3.8, 4) is 17.6 Å². The van der Waals surface area contributed by atoms with Crippen molar-refractivity contribution in [1.82, 2.24) is 0 Å². The highest BCUT2D eigenvalue weighted by molar-refractivity contribution is 5.41. The van der Waals surface area contributed by atoms with Crippen LogP contribution in [0.3, 0.4) is 0 Å². The monoisotopic (exact) mass is 253 g/mol. The molecule has 3 heteroatoms. The number of hydrogen-bond acceptors (Lipinski definition) is 3. The molecule has 0 spiro atoms. The van der Waals surface area contributed by atoms with Crippen LogP contribution in [0.5, 0.6) is 11.5 Å². The van der Waals surface area contributed by atoms with E-state index in [1.165, 1.54) is 0 Å². The van der Waals surface area contributed by atoms with Crippen molar-refractivity contribution in [2.24, 2.45) is 0 Å². The van der Waals surface area contributed by atoms with E-state index in [0.29, 0.717) is 24.5 Å². The molecular formula is C16H15NO2. The Morgan fingerprint density at radius 2 is 1.58 bits per heavy atom. The Labute approximate surface area is 113 Å². The van der Waals surface area contributed by atoms with Gasteiger partial charge in [-0.25, -0.2) is 0 Å². The van der Waals surface area contributed by atoms with E-state index in [2.05, 4.69) is 6.07 Å². The van der Waals surface area contributed by atoms with E-state index in [-0.39, 0.29) is 0 Å². The molecule has 0 aliphatic rings. The molecule has 0 saturated heterocycles. The maximum Gasteiger partial charge on any atom is 0.161 e. The lowest BCUT2D eigenvalue weighted by Gasteiger charge is -2.12. The van der Waals surface area contributed by atoms with Crippen LogP contribution in [-0.4, -0.2) is 6.61 Å². The molecule has 0 unspecified atom stereocenters. The summed E-state index contributed by atoms with van der Waals surface area (Å²) in [5, 5.41) is 9.02. The van der Waals surface area contributed by atoms with Crippen LogP contribution in [0.4, 0.5) is 0 Å². The summed E-state index contributed by atoms with van der Waals surface area (Å²) in [6.07, 6.45) is 0. The van der Waals surface area contributed by atoms with Crippen molar-refractivity contribution in [1.29, 1.82) is 5.26 Å². The Morgan fingerprint density at radius 1 is 0.947 bits per heavy atom. The molecule has 0 N–H and O–H groups in total. The van der Waals surface area contributed by atoms with E-state index < -0.39 is 0 Å². The molecule has 0 radical (unpaired) electrons. The minimum atomic E-state index is 0.355. The number of nitriles is 1. The third-order valence-corrected chi connectivity index (χ3v) is 2.67. The molecule has 0 aliphatic carbocycles. The second-order valence-corrected chi connectivity index (χ2v) is 3.94. The maximum absolute atomic E-state index is 9.02. The van der Waals surface area contributed by atoms with Gasteiger partial charge in [0, 0.05) is 5.56 Å². The first kappa shape index (κ1) is 13.0. The Bertz CT molecular complexity index is 587. The number of hydrogen-bond donors (Lipinski definition) is 0. The SMILES string of the molecule is CCOc1ccccc1OCc1ccccc1C#N. The molecule has 0 aliphatic heterocycles. The lowest BCUT2D eigenvalue weighted by Crippen LogP contribution is -2.00. The summed E-state index contributed by atoms with van der Waals surface area (Å²) in [5.74, 6) is 1.41. The van der Waals surface area contributed by atoms with Crippen LogP contribution >= 0.6 is 0 Å². The second kappa shape index (κ2) is 6.46. The Morgan fingerprint density at radius 3 is 2.26 bits per heavy atom. The molecule has 0 saturated carbocycles. The summed E-state index contributed by atoms with van der Waals surface area (Å²) in [6, 6.07) is 17.1. The minimum Gasteiger partial charge on any atom is -0.490 e. The molecule has 2 aromatic carbocycles. The number of benzene rings is 2. The lowest BCUT2D eigenvalue weighted by atomic mass is 10.1. The zero-order valence-corrected chi connectivity index (χ0v) is 10.8.